The van der Waals surface area contributed by atoms with Crippen molar-refractivity contribution in [2.75, 3.05) is 6.61 Å². The molecule has 0 unspecified atom stereocenters. The summed E-state index contributed by atoms with van der Waals surface area (Å²) >= 11 is 0. The smallest absolute Gasteiger partial charge is 0.391 e. The first kappa shape index (κ1) is 17.0. The highest BCUT2D eigenvalue weighted by atomic mass is 19.4. The molecule has 0 fully saturated rings. The Kier molecular flexibility index (Phi) is 5.65. The van der Waals surface area contributed by atoms with Crippen LogP contribution in [0.15, 0.2) is 10.5 Å². The molecule has 20 heavy (non-hydrogen) atoms. The summed E-state index contributed by atoms with van der Waals surface area (Å²) in [6.45, 7) is 8.30. The van der Waals surface area contributed by atoms with Crippen LogP contribution in [-0.2, 0) is 17.9 Å². The first-order chi connectivity index (χ1) is 9.07. The number of rotatable bonds is 6. The second kappa shape index (κ2) is 6.63. The molecule has 0 aliphatic heterocycles. The summed E-state index contributed by atoms with van der Waals surface area (Å²) in [4.78, 5) is 0. The van der Waals surface area contributed by atoms with Gasteiger partial charge in [0, 0.05) is 11.1 Å². The second-order valence-electron chi connectivity index (χ2n) is 5.82. The van der Waals surface area contributed by atoms with Gasteiger partial charge in [0.15, 0.2) is 0 Å². The van der Waals surface area contributed by atoms with Gasteiger partial charge in [-0.15, -0.1) is 0 Å². The van der Waals surface area contributed by atoms with E-state index in [1.807, 2.05) is 26.8 Å². The fraction of sp³-hybridized carbons (Fsp3) is 0.714. The van der Waals surface area contributed by atoms with Crippen molar-refractivity contribution in [3.63, 3.8) is 0 Å². The Balaban J connectivity index is 2.42. The minimum atomic E-state index is -4.17. The standard InChI is InChI=1S/C14H22F3NO2/c1-10-11(9-19-6-5-14(15,16)17)7-12(20-10)8-18-13(2,3)4/h7,18H,5-6,8-9H2,1-4H3. The van der Waals surface area contributed by atoms with E-state index in [1.54, 1.807) is 6.92 Å². The lowest BCUT2D eigenvalue weighted by Crippen LogP contribution is -2.34. The summed E-state index contributed by atoms with van der Waals surface area (Å²) in [7, 11) is 0. The van der Waals surface area contributed by atoms with E-state index < -0.39 is 12.6 Å². The number of nitrogens with one attached hydrogen (secondary N) is 1. The van der Waals surface area contributed by atoms with Gasteiger partial charge in [0.05, 0.1) is 26.2 Å². The number of hydrogen-bond acceptors (Lipinski definition) is 3. The third kappa shape index (κ3) is 6.96. The molecular formula is C14H22F3NO2. The van der Waals surface area contributed by atoms with E-state index in [1.165, 1.54) is 0 Å². The predicted molar refractivity (Wildman–Crippen MR) is 70.4 cm³/mol. The van der Waals surface area contributed by atoms with Gasteiger partial charge in [-0.05, 0) is 33.8 Å². The maximum absolute atomic E-state index is 12.0. The average Bonchev–Trinajstić information content (AvgIpc) is 2.61. The van der Waals surface area contributed by atoms with Crippen molar-refractivity contribution in [1.29, 1.82) is 0 Å². The molecule has 3 nitrogen and oxygen atoms in total. The van der Waals surface area contributed by atoms with Crippen LogP contribution in [-0.4, -0.2) is 18.3 Å². The highest BCUT2D eigenvalue weighted by molar-refractivity contribution is 5.20. The molecule has 0 amide bonds. The predicted octanol–water partition coefficient (Wildman–Crippen LogP) is 3.95. The molecular weight excluding hydrogens is 271 g/mol. The van der Waals surface area contributed by atoms with Gasteiger partial charge in [0.1, 0.15) is 11.5 Å². The maximum atomic E-state index is 12.0. The molecule has 0 saturated heterocycles. The number of halogens is 3. The number of aryl methyl sites for hydroxylation is 1. The molecule has 6 heteroatoms. The van der Waals surface area contributed by atoms with Gasteiger partial charge in [-0.1, -0.05) is 0 Å². The number of alkyl halides is 3. The lowest BCUT2D eigenvalue weighted by molar-refractivity contribution is -0.146. The Morgan fingerprint density at radius 2 is 1.90 bits per heavy atom. The lowest BCUT2D eigenvalue weighted by Gasteiger charge is -2.19. The lowest BCUT2D eigenvalue weighted by atomic mass is 10.1. The molecule has 116 valence electrons. The largest absolute Gasteiger partial charge is 0.465 e. The van der Waals surface area contributed by atoms with E-state index in [-0.39, 0.29) is 18.8 Å². The molecule has 0 aliphatic rings. The third-order valence-corrected chi connectivity index (χ3v) is 2.65. The zero-order valence-electron chi connectivity index (χ0n) is 12.4. The number of furan rings is 1. The second-order valence-corrected chi connectivity index (χ2v) is 5.82. The Morgan fingerprint density at radius 1 is 1.25 bits per heavy atom. The van der Waals surface area contributed by atoms with E-state index in [0.717, 1.165) is 11.3 Å². The zero-order valence-corrected chi connectivity index (χ0v) is 12.4. The van der Waals surface area contributed by atoms with Crippen molar-refractivity contribution in [3.8, 4) is 0 Å². The van der Waals surface area contributed by atoms with E-state index in [4.69, 9.17) is 9.15 Å². The quantitative estimate of drug-likeness (QED) is 0.807. The summed E-state index contributed by atoms with van der Waals surface area (Å²) in [5.41, 5.74) is 0.766. The average molecular weight is 293 g/mol. The number of ether oxygens (including phenoxy) is 1. The fourth-order valence-corrected chi connectivity index (χ4v) is 1.54. The molecule has 0 radical (unpaired) electrons. The summed E-state index contributed by atoms with van der Waals surface area (Å²) in [6, 6.07) is 1.82. The van der Waals surface area contributed by atoms with E-state index in [2.05, 4.69) is 5.32 Å². The van der Waals surface area contributed by atoms with Crippen LogP contribution >= 0.6 is 0 Å². The topological polar surface area (TPSA) is 34.4 Å². The Bertz CT molecular complexity index is 419. The SMILES string of the molecule is Cc1oc(CNC(C)(C)C)cc1COCCC(F)(F)F. The Hall–Kier alpha value is -1.01. The van der Waals surface area contributed by atoms with Crippen LogP contribution in [0.5, 0.6) is 0 Å². The van der Waals surface area contributed by atoms with Gasteiger partial charge >= 0.3 is 6.18 Å². The minimum Gasteiger partial charge on any atom is -0.465 e. The van der Waals surface area contributed by atoms with Crippen molar-refractivity contribution in [3.05, 3.63) is 23.2 Å². The summed E-state index contributed by atoms with van der Waals surface area (Å²) in [5, 5.41) is 3.28. The molecule has 0 atom stereocenters. The molecule has 0 saturated carbocycles. The van der Waals surface area contributed by atoms with Crippen LogP contribution in [0.25, 0.3) is 0 Å². The van der Waals surface area contributed by atoms with Gasteiger partial charge < -0.3 is 14.5 Å². The van der Waals surface area contributed by atoms with Gasteiger partial charge in [0.2, 0.25) is 0 Å². The van der Waals surface area contributed by atoms with Gasteiger partial charge in [-0.3, -0.25) is 0 Å². The van der Waals surface area contributed by atoms with E-state index in [0.29, 0.717) is 12.3 Å². The summed E-state index contributed by atoms with van der Waals surface area (Å²) in [6.07, 6.45) is -5.10. The van der Waals surface area contributed by atoms with Crippen LogP contribution in [0.3, 0.4) is 0 Å². The van der Waals surface area contributed by atoms with Crippen molar-refractivity contribution in [2.45, 2.75) is 59.0 Å². The van der Waals surface area contributed by atoms with Gasteiger partial charge in [-0.25, -0.2) is 0 Å². The van der Waals surface area contributed by atoms with Gasteiger partial charge in [0.25, 0.3) is 0 Å². The molecule has 1 aromatic heterocycles. The van der Waals surface area contributed by atoms with Crippen LogP contribution in [0.2, 0.25) is 0 Å². The molecule has 1 rings (SSSR count). The van der Waals surface area contributed by atoms with Gasteiger partial charge in [-0.2, -0.15) is 13.2 Å². The molecule has 1 heterocycles. The zero-order chi connectivity index (χ0) is 15.4. The monoisotopic (exact) mass is 293 g/mol. The molecule has 0 aromatic carbocycles. The van der Waals surface area contributed by atoms with E-state index in [9.17, 15) is 13.2 Å². The molecule has 0 spiro atoms. The summed E-state index contributed by atoms with van der Waals surface area (Å²) in [5.74, 6) is 1.44. The summed E-state index contributed by atoms with van der Waals surface area (Å²) < 4.78 is 46.5. The van der Waals surface area contributed by atoms with Crippen LogP contribution in [0, 0.1) is 6.92 Å². The van der Waals surface area contributed by atoms with Crippen LogP contribution in [0.4, 0.5) is 13.2 Å². The first-order valence-corrected chi connectivity index (χ1v) is 6.54. The highest BCUT2D eigenvalue weighted by Gasteiger charge is 2.26. The minimum absolute atomic E-state index is 0.0237. The maximum Gasteiger partial charge on any atom is 0.391 e. The normalized spacial score (nSPS) is 12.9. The Labute approximate surface area is 117 Å². The van der Waals surface area contributed by atoms with Crippen molar-refractivity contribution in [2.24, 2.45) is 0 Å². The highest BCUT2D eigenvalue weighted by Crippen LogP contribution is 2.20. The third-order valence-electron chi connectivity index (χ3n) is 2.65. The molecule has 0 bridgehead atoms. The van der Waals surface area contributed by atoms with Crippen LogP contribution < -0.4 is 5.32 Å². The van der Waals surface area contributed by atoms with Crippen molar-refractivity contribution in [1.82, 2.24) is 5.32 Å². The number of hydrogen-bond donors (Lipinski definition) is 1. The van der Waals surface area contributed by atoms with Crippen LogP contribution in [0.1, 0.15) is 44.3 Å². The molecule has 1 aromatic rings. The Morgan fingerprint density at radius 3 is 2.45 bits per heavy atom. The van der Waals surface area contributed by atoms with Crippen molar-refractivity contribution >= 4 is 0 Å². The molecule has 1 N–H and O–H groups in total. The first-order valence-electron chi connectivity index (χ1n) is 6.54. The van der Waals surface area contributed by atoms with Crippen molar-refractivity contribution < 1.29 is 22.3 Å². The fourth-order valence-electron chi connectivity index (χ4n) is 1.54. The molecule has 0 aliphatic carbocycles. The van der Waals surface area contributed by atoms with E-state index >= 15 is 0 Å².